The number of esters is 1. The van der Waals surface area contributed by atoms with Crippen LogP contribution in [0.15, 0.2) is 36.4 Å². The molecule has 0 spiro atoms. The van der Waals surface area contributed by atoms with Gasteiger partial charge in [0.2, 0.25) is 0 Å². The minimum absolute atomic E-state index is 0.181. The fourth-order valence-corrected chi connectivity index (χ4v) is 2.30. The molecule has 0 bridgehead atoms. The van der Waals surface area contributed by atoms with Crippen molar-refractivity contribution in [2.24, 2.45) is 0 Å². The zero-order valence-electron chi connectivity index (χ0n) is 12.8. The van der Waals surface area contributed by atoms with Gasteiger partial charge in [0.25, 0.3) is 0 Å². The van der Waals surface area contributed by atoms with Crippen LogP contribution in [0.4, 0.5) is 0 Å². The van der Waals surface area contributed by atoms with E-state index in [-0.39, 0.29) is 12.0 Å². The van der Waals surface area contributed by atoms with Crippen molar-refractivity contribution in [1.29, 1.82) is 0 Å². The van der Waals surface area contributed by atoms with Gasteiger partial charge in [0, 0.05) is 6.04 Å². The number of carbonyl (C=O) groups excluding carboxylic acids is 1. The summed E-state index contributed by atoms with van der Waals surface area (Å²) in [4.78, 5) is 12.0. The Morgan fingerprint density at radius 3 is 2.33 bits per heavy atom. The summed E-state index contributed by atoms with van der Waals surface area (Å²) in [6, 6.07) is 11.5. The van der Waals surface area contributed by atoms with E-state index >= 15 is 0 Å². The summed E-state index contributed by atoms with van der Waals surface area (Å²) in [5.74, 6) is 0.539. The van der Waals surface area contributed by atoms with Crippen LogP contribution in [0, 0.1) is 0 Å². The van der Waals surface area contributed by atoms with Gasteiger partial charge in [-0.2, -0.15) is 0 Å². The highest BCUT2D eigenvalue weighted by Crippen LogP contribution is 2.25. The second-order valence-corrected chi connectivity index (χ2v) is 5.25. The SMILES string of the molecule is COC(=O)C(NC(C)C)c1ccc2cc(OC)ccc2c1. The van der Waals surface area contributed by atoms with Gasteiger partial charge in [-0.1, -0.05) is 18.2 Å². The molecule has 0 saturated heterocycles. The molecule has 0 aliphatic carbocycles. The average molecular weight is 287 g/mol. The molecule has 1 N–H and O–H groups in total. The molecule has 2 aromatic rings. The van der Waals surface area contributed by atoms with Crippen LogP contribution < -0.4 is 10.1 Å². The molecule has 0 saturated carbocycles. The van der Waals surface area contributed by atoms with Crippen LogP contribution in [0.5, 0.6) is 5.75 Å². The number of fused-ring (bicyclic) bond motifs is 1. The third-order valence-electron chi connectivity index (χ3n) is 3.34. The standard InChI is InChI=1S/C17H21NO3/c1-11(2)18-16(17(19)21-4)14-6-5-13-10-15(20-3)8-7-12(13)9-14/h5-11,16,18H,1-4H3. The second-order valence-electron chi connectivity index (χ2n) is 5.25. The van der Waals surface area contributed by atoms with Gasteiger partial charge < -0.3 is 9.47 Å². The molecule has 0 amide bonds. The molecule has 0 radical (unpaired) electrons. The van der Waals surface area contributed by atoms with Gasteiger partial charge >= 0.3 is 5.97 Å². The first-order chi connectivity index (χ1) is 10.0. The molecular formula is C17H21NO3. The first kappa shape index (κ1) is 15.3. The molecule has 0 aliphatic heterocycles. The van der Waals surface area contributed by atoms with E-state index in [0.29, 0.717) is 0 Å². The molecule has 4 heteroatoms. The van der Waals surface area contributed by atoms with E-state index in [0.717, 1.165) is 22.1 Å². The summed E-state index contributed by atoms with van der Waals surface area (Å²) in [5.41, 5.74) is 0.896. The fourth-order valence-electron chi connectivity index (χ4n) is 2.30. The number of benzene rings is 2. The van der Waals surface area contributed by atoms with Crippen molar-refractivity contribution in [2.75, 3.05) is 14.2 Å². The number of carbonyl (C=O) groups is 1. The normalized spacial score (nSPS) is 12.4. The van der Waals surface area contributed by atoms with Crippen molar-refractivity contribution in [1.82, 2.24) is 5.32 Å². The van der Waals surface area contributed by atoms with Crippen molar-refractivity contribution in [3.8, 4) is 5.75 Å². The molecule has 2 rings (SSSR count). The minimum Gasteiger partial charge on any atom is -0.497 e. The molecule has 0 aliphatic rings. The van der Waals surface area contributed by atoms with Gasteiger partial charge in [0.15, 0.2) is 0 Å². The molecule has 4 nitrogen and oxygen atoms in total. The lowest BCUT2D eigenvalue weighted by molar-refractivity contribution is -0.143. The van der Waals surface area contributed by atoms with Crippen molar-refractivity contribution in [2.45, 2.75) is 25.9 Å². The second kappa shape index (κ2) is 6.59. The predicted octanol–water partition coefficient (Wildman–Crippen LogP) is 3.06. The highest BCUT2D eigenvalue weighted by molar-refractivity contribution is 5.86. The van der Waals surface area contributed by atoms with E-state index < -0.39 is 6.04 Å². The first-order valence-electron chi connectivity index (χ1n) is 6.96. The maximum atomic E-state index is 12.0. The van der Waals surface area contributed by atoms with E-state index in [4.69, 9.17) is 9.47 Å². The summed E-state index contributed by atoms with van der Waals surface area (Å²) < 4.78 is 10.1. The Balaban J connectivity index is 2.41. The summed E-state index contributed by atoms with van der Waals surface area (Å²) in [6.07, 6.45) is 0. The van der Waals surface area contributed by atoms with Gasteiger partial charge in [0.05, 0.1) is 14.2 Å². The molecule has 112 valence electrons. The van der Waals surface area contributed by atoms with Crippen LogP contribution in [0.3, 0.4) is 0 Å². The molecule has 2 aromatic carbocycles. The Kier molecular flexibility index (Phi) is 4.81. The maximum Gasteiger partial charge on any atom is 0.327 e. The lowest BCUT2D eigenvalue weighted by atomic mass is 10.0. The Hall–Kier alpha value is -2.07. The third kappa shape index (κ3) is 3.52. The Bertz CT molecular complexity index is 637. The van der Waals surface area contributed by atoms with E-state index in [2.05, 4.69) is 5.32 Å². The zero-order chi connectivity index (χ0) is 15.4. The number of hydrogen-bond acceptors (Lipinski definition) is 4. The highest BCUT2D eigenvalue weighted by atomic mass is 16.5. The molecule has 21 heavy (non-hydrogen) atoms. The first-order valence-corrected chi connectivity index (χ1v) is 6.96. The number of rotatable bonds is 5. The number of methoxy groups -OCH3 is 2. The number of hydrogen-bond donors (Lipinski definition) is 1. The van der Waals surface area contributed by atoms with Crippen LogP contribution in [0.2, 0.25) is 0 Å². The van der Waals surface area contributed by atoms with Crippen molar-refractivity contribution in [3.63, 3.8) is 0 Å². The lowest BCUT2D eigenvalue weighted by Gasteiger charge is -2.20. The summed E-state index contributed by atoms with van der Waals surface area (Å²) >= 11 is 0. The fraction of sp³-hybridized carbons (Fsp3) is 0.353. The topological polar surface area (TPSA) is 47.6 Å². The molecule has 0 aromatic heterocycles. The molecule has 1 atom stereocenters. The Morgan fingerprint density at radius 2 is 1.71 bits per heavy atom. The van der Waals surface area contributed by atoms with Crippen LogP contribution in [-0.2, 0) is 9.53 Å². The predicted molar refractivity (Wildman–Crippen MR) is 83.5 cm³/mol. The lowest BCUT2D eigenvalue weighted by Crippen LogP contribution is -2.34. The smallest absolute Gasteiger partial charge is 0.327 e. The van der Waals surface area contributed by atoms with E-state index in [1.165, 1.54) is 7.11 Å². The zero-order valence-corrected chi connectivity index (χ0v) is 12.8. The van der Waals surface area contributed by atoms with Crippen LogP contribution in [-0.4, -0.2) is 26.2 Å². The minimum atomic E-state index is -0.457. The van der Waals surface area contributed by atoms with Gasteiger partial charge in [-0.3, -0.25) is 5.32 Å². The number of nitrogens with one attached hydrogen (secondary N) is 1. The largest absolute Gasteiger partial charge is 0.497 e. The van der Waals surface area contributed by atoms with Crippen LogP contribution in [0.25, 0.3) is 10.8 Å². The molecule has 0 heterocycles. The summed E-state index contributed by atoms with van der Waals surface area (Å²) in [6.45, 7) is 4.00. The van der Waals surface area contributed by atoms with Crippen LogP contribution in [0.1, 0.15) is 25.5 Å². The van der Waals surface area contributed by atoms with Gasteiger partial charge in [-0.05, 0) is 48.4 Å². The van der Waals surface area contributed by atoms with Crippen molar-refractivity contribution < 1.29 is 14.3 Å². The van der Waals surface area contributed by atoms with E-state index in [9.17, 15) is 4.79 Å². The number of ether oxygens (including phenoxy) is 2. The average Bonchev–Trinajstić information content (AvgIpc) is 2.50. The van der Waals surface area contributed by atoms with Crippen LogP contribution >= 0.6 is 0 Å². The quantitative estimate of drug-likeness (QED) is 0.859. The van der Waals surface area contributed by atoms with Crippen molar-refractivity contribution >= 4 is 16.7 Å². The Morgan fingerprint density at radius 1 is 1.05 bits per heavy atom. The molecular weight excluding hydrogens is 266 g/mol. The Labute approximate surface area is 125 Å². The molecule has 0 fully saturated rings. The summed E-state index contributed by atoms with van der Waals surface area (Å²) in [5, 5.41) is 5.37. The van der Waals surface area contributed by atoms with Gasteiger partial charge in [-0.25, -0.2) is 4.79 Å². The van der Waals surface area contributed by atoms with E-state index in [1.807, 2.05) is 50.2 Å². The van der Waals surface area contributed by atoms with Gasteiger partial charge in [-0.15, -0.1) is 0 Å². The van der Waals surface area contributed by atoms with Gasteiger partial charge in [0.1, 0.15) is 11.8 Å². The summed E-state index contributed by atoms with van der Waals surface area (Å²) in [7, 11) is 3.05. The monoisotopic (exact) mass is 287 g/mol. The van der Waals surface area contributed by atoms with Crippen molar-refractivity contribution in [3.05, 3.63) is 42.0 Å². The maximum absolute atomic E-state index is 12.0. The highest BCUT2D eigenvalue weighted by Gasteiger charge is 2.22. The third-order valence-corrected chi connectivity index (χ3v) is 3.34. The van der Waals surface area contributed by atoms with E-state index in [1.54, 1.807) is 7.11 Å². The molecule has 1 unspecified atom stereocenters.